The van der Waals surface area contributed by atoms with E-state index in [-0.39, 0.29) is 31.1 Å². The predicted molar refractivity (Wildman–Crippen MR) is 154 cm³/mol. The van der Waals surface area contributed by atoms with Crippen molar-refractivity contribution < 1.29 is 23.5 Å². The van der Waals surface area contributed by atoms with Crippen molar-refractivity contribution in [2.24, 2.45) is 11.1 Å². The minimum atomic E-state index is -0.577. The van der Waals surface area contributed by atoms with Crippen molar-refractivity contribution in [2.75, 3.05) is 31.1 Å². The zero-order valence-electron chi connectivity index (χ0n) is 22.9. The lowest BCUT2D eigenvalue weighted by Crippen LogP contribution is -2.36. The summed E-state index contributed by atoms with van der Waals surface area (Å²) in [6, 6.07) is 7.22. The number of carbonyl (C=O) groups excluding carboxylic acids is 1. The number of nitrogens with zero attached hydrogens (tertiary/aromatic N) is 4. The van der Waals surface area contributed by atoms with Crippen molar-refractivity contribution in [3.8, 4) is 11.1 Å². The lowest BCUT2D eigenvalue weighted by molar-refractivity contribution is -0.120. The monoisotopic (exact) mass is 561 g/mol. The molecule has 0 spiro atoms. The van der Waals surface area contributed by atoms with Crippen LogP contribution in [0.2, 0.25) is 0 Å². The van der Waals surface area contributed by atoms with Crippen molar-refractivity contribution in [1.29, 1.82) is 0 Å². The van der Waals surface area contributed by atoms with Crippen LogP contribution in [0.15, 0.2) is 65.8 Å². The lowest BCUT2D eigenvalue weighted by Gasteiger charge is -2.33. The van der Waals surface area contributed by atoms with E-state index in [0.717, 1.165) is 37.2 Å². The fourth-order valence-corrected chi connectivity index (χ4v) is 5.28. The molecule has 1 aromatic heterocycles. The van der Waals surface area contributed by atoms with Crippen molar-refractivity contribution in [3.63, 3.8) is 0 Å². The molecular formula is C31H33F2N5O3. The number of aliphatic hydroxyl groups is 1. The lowest BCUT2D eigenvalue weighted by atomic mass is 9.91. The first-order valence-corrected chi connectivity index (χ1v) is 13.9. The molecule has 0 unspecified atom stereocenters. The highest BCUT2D eigenvalue weighted by Crippen LogP contribution is 2.35. The van der Waals surface area contributed by atoms with Crippen LogP contribution in [0, 0.1) is 17.6 Å². The number of piperidine rings is 1. The molecule has 1 fully saturated rings. The van der Waals surface area contributed by atoms with E-state index in [1.807, 2.05) is 18.2 Å². The van der Waals surface area contributed by atoms with Crippen LogP contribution in [0.1, 0.15) is 38.2 Å². The summed E-state index contributed by atoms with van der Waals surface area (Å²) in [5.74, 6) is 0.289. The second-order valence-electron chi connectivity index (χ2n) is 10.2. The highest BCUT2D eigenvalue weighted by molar-refractivity contribution is 6.00. The molecule has 0 bridgehead atoms. The molecular weight excluding hydrogens is 528 g/mol. The smallest absolute Gasteiger partial charge is 0.224 e. The summed E-state index contributed by atoms with van der Waals surface area (Å²) in [7, 11) is 0. The summed E-state index contributed by atoms with van der Waals surface area (Å²) < 4.78 is 29.9. The van der Waals surface area contributed by atoms with Crippen molar-refractivity contribution >= 4 is 28.3 Å². The molecule has 2 N–H and O–H groups in total. The molecule has 3 heterocycles. The van der Waals surface area contributed by atoms with Gasteiger partial charge in [-0.25, -0.2) is 18.7 Å². The number of hydrogen-bond donors (Lipinski definition) is 2. The van der Waals surface area contributed by atoms with Crippen LogP contribution in [0.3, 0.4) is 0 Å². The molecule has 8 nitrogen and oxygen atoms in total. The van der Waals surface area contributed by atoms with Crippen LogP contribution in [0.4, 0.5) is 14.6 Å². The normalized spacial score (nSPS) is 15.8. The van der Waals surface area contributed by atoms with E-state index in [1.165, 1.54) is 30.6 Å². The van der Waals surface area contributed by atoms with Crippen LogP contribution in [0.25, 0.3) is 22.0 Å². The number of benzene rings is 2. The number of aliphatic hydroxyl groups excluding tert-OH is 1. The SMILES string of the molecule is CCCC1=CC=CC(C2CCN(c3ncnc4c(-c5ccc(CC(=O)NCCO)c(F)c5)cc(F)cc34)CC2)=NO1. The van der Waals surface area contributed by atoms with Gasteiger partial charge in [0.05, 0.1) is 24.3 Å². The second-order valence-corrected chi connectivity index (χ2v) is 10.2. The van der Waals surface area contributed by atoms with E-state index in [1.54, 1.807) is 6.07 Å². The summed E-state index contributed by atoms with van der Waals surface area (Å²) in [5.41, 5.74) is 2.54. The number of fused-ring (bicyclic) bond motifs is 1. The molecule has 3 aromatic rings. The van der Waals surface area contributed by atoms with E-state index >= 15 is 0 Å². The van der Waals surface area contributed by atoms with Crippen LogP contribution < -0.4 is 10.2 Å². The Bertz CT molecular complexity index is 1510. The average molecular weight is 562 g/mol. The summed E-state index contributed by atoms with van der Waals surface area (Å²) in [6.45, 7) is 3.41. The quantitative estimate of drug-likeness (QED) is 0.379. The Hall–Kier alpha value is -4.18. The van der Waals surface area contributed by atoms with Crippen molar-refractivity contribution in [2.45, 2.75) is 39.0 Å². The van der Waals surface area contributed by atoms with Gasteiger partial charge in [-0.3, -0.25) is 4.79 Å². The highest BCUT2D eigenvalue weighted by Gasteiger charge is 2.26. The van der Waals surface area contributed by atoms with E-state index in [4.69, 9.17) is 9.94 Å². The molecule has 214 valence electrons. The number of amides is 1. The molecule has 0 aliphatic carbocycles. The largest absolute Gasteiger partial charge is 0.395 e. The molecule has 0 radical (unpaired) electrons. The zero-order valence-corrected chi connectivity index (χ0v) is 22.9. The van der Waals surface area contributed by atoms with Gasteiger partial charge in [-0.1, -0.05) is 30.3 Å². The number of nitrogens with one attached hydrogen (secondary N) is 1. The standard InChI is InChI=1S/C31H33F2N5O3/c1-2-4-24-5-3-6-28(37-41-24)20-9-12-38(13-10-20)31-26-18-23(32)17-25(30(26)35-19-36-31)21-7-8-22(27(33)15-21)16-29(40)34-11-14-39/h3,5-8,15,17-20,39H,2,4,9-14,16H2,1H3,(H,34,40). The Balaban J connectivity index is 1.36. The molecule has 1 saturated heterocycles. The number of halogens is 2. The number of oxime groups is 1. The van der Waals surface area contributed by atoms with Crippen LogP contribution in [-0.4, -0.2) is 52.9 Å². The van der Waals surface area contributed by atoms with E-state index in [9.17, 15) is 13.6 Å². The summed E-state index contributed by atoms with van der Waals surface area (Å²) in [4.78, 5) is 28.7. The predicted octanol–water partition coefficient (Wildman–Crippen LogP) is 5.07. The average Bonchev–Trinajstić information content (AvgIpc) is 3.22. The van der Waals surface area contributed by atoms with Gasteiger partial charge >= 0.3 is 0 Å². The van der Waals surface area contributed by atoms with Gasteiger partial charge in [0.1, 0.15) is 29.5 Å². The highest BCUT2D eigenvalue weighted by atomic mass is 19.1. The Morgan fingerprint density at radius 2 is 2.00 bits per heavy atom. The number of aromatic nitrogens is 2. The molecule has 2 aliphatic heterocycles. The Labute approximate surface area is 237 Å². The van der Waals surface area contributed by atoms with Gasteiger partial charge in [0, 0.05) is 42.9 Å². The summed E-state index contributed by atoms with van der Waals surface area (Å²) in [5, 5.41) is 16.3. The van der Waals surface area contributed by atoms with Crippen molar-refractivity contribution in [1.82, 2.24) is 15.3 Å². The Morgan fingerprint density at radius 1 is 1.17 bits per heavy atom. The maximum atomic E-state index is 15.0. The van der Waals surface area contributed by atoms with Crippen LogP contribution >= 0.6 is 0 Å². The molecule has 2 aliphatic rings. The Kier molecular flexibility index (Phi) is 8.98. The molecule has 0 atom stereocenters. The molecule has 0 saturated carbocycles. The second kappa shape index (κ2) is 13.0. The first-order valence-electron chi connectivity index (χ1n) is 13.9. The van der Waals surface area contributed by atoms with E-state index in [2.05, 4.69) is 32.3 Å². The third-order valence-electron chi connectivity index (χ3n) is 7.36. The zero-order chi connectivity index (χ0) is 28.8. The maximum absolute atomic E-state index is 15.0. The van der Waals surface area contributed by atoms with Crippen LogP contribution in [-0.2, 0) is 16.1 Å². The van der Waals surface area contributed by atoms with Gasteiger partial charge in [-0.15, -0.1) is 0 Å². The van der Waals surface area contributed by atoms with E-state index in [0.29, 0.717) is 40.9 Å². The number of hydrogen-bond acceptors (Lipinski definition) is 7. The van der Waals surface area contributed by atoms with Gasteiger partial charge < -0.3 is 20.2 Å². The van der Waals surface area contributed by atoms with E-state index < -0.39 is 17.5 Å². The number of anilines is 1. The fourth-order valence-electron chi connectivity index (χ4n) is 5.28. The number of allylic oxidation sites excluding steroid dienone is 4. The molecule has 10 heteroatoms. The first kappa shape index (κ1) is 28.4. The Morgan fingerprint density at radius 3 is 2.76 bits per heavy atom. The van der Waals surface area contributed by atoms with Crippen LogP contribution in [0.5, 0.6) is 0 Å². The summed E-state index contributed by atoms with van der Waals surface area (Å²) >= 11 is 0. The minimum Gasteiger partial charge on any atom is -0.395 e. The number of rotatable bonds is 9. The molecule has 1 amide bonds. The van der Waals surface area contributed by atoms with Gasteiger partial charge in [0.15, 0.2) is 0 Å². The van der Waals surface area contributed by atoms with Gasteiger partial charge in [-0.2, -0.15) is 0 Å². The van der Waals surface area contributed by atoms with Gasteiger partial charge in [0.25, 0.3) is 0 Å². The minimum absolute atomic E-state index is 0.102. The first-order chi connectivity index (χ1) is 20.0. The summed E-state index contributed by atoms with van der Waals surface area (Å²) in [6.07, 6.45) is 10.8. The maximum Gasteiger partial charge on any atom is 0.224 e. The van der Waals surface area contributed by atoms with Crippen molar-refractivity contribution in [3.05, 3.63) is 77.8 Å². The number of carbonyl (C=O) groups is 1. The third-order valence-corrected chi connectivity index (χ3v) is 7.36. The molecule has 5 rings (SSSR count). The third kappa shape index (κ3) is 6.59. The molecule has 41 heavy (non-hydrogen) atoms. The fraction of sp³-hybridized carbons (Fsp3) is 0.355. The molecule has 2 aromatic carbocycles. The van der Waals surface area contributed by atoms with Gasteiger partial charge in [-0.05, 0) is 60.7 Å². The topological polar surface area (TPSA) is 99.9 Å². The van der Waals surface area contributed by atoms with Gasteiger partial charge in [0.2, 0.25) is 5.91 Å².